The van der Waals surface area contributed by atoms with Gasteiger partial charge in [0.1, 0.15) is 11.6 Å². The Balaban J connectivity index is 0.000000197. The second-order valence-electron chi connectivity index (χ2n) is 19.8. The summed E-state index contributed by atoms with van der Waals surface area (Å²) >= 11 is 0. The predicted molar refractivity (Wildman–Crippen MR) is 261 cm³/mol. The summed E-state index contributed by atoms with van der Waals surface area (Å²) in [7, 11) is 0. The van der Waals surface area contributed by atoms with E-state index in [2.05, 4.69) is 68.2 Å². The molecule has 0 spiro atoms. The van der Waals surface area contributed by atoms with Gasteiger partial charge in [-0.3, -0.25) is 19.0 Å². The number of carbonyl (C=O) groups excluding carboxylic acids is 3. The Bertz CT molecular complexity index is 2820. The number of ether oxygens (including phenoxy) is 1. The molecule has 0 saturated heterocycles. The molecule has 2 aliphatic rings. The fourth-order valence-electron chi connectivity index (χ4n) is 8.99. The van der Waals surface area contributed by atoms with Gasteiger partial charge in [-0.1, -0.05) is 101 Å². The van der Waals surface area contributed by atoms with Crippen molar-refractivity contribution in [3.05, 3.63) is 176 Å². The molecular formula is C56H60N4O6. The predicted octanol–water partition coefficient (Wildman–Crippen LogP) is 11.1. The van der Waals surface area contributed by atoms with Gasteiger partial charge in [0, 0.05) is 48.5 Å². The van der Waals surface area contributed by atoms with E-state index in [9.17, 15) is 19.2 Å². The number of esters is 1. The van der Waals surface area contributed by atoms with Gasteiger partial charge in [0.05, 0.1) is 30.8 Å². The molecule has 0 radical (unpaired) electrons. The van der Waals surface area contributed by atoms with Crippen molar-refractivity contribution in [2.45, 2.75) is 110 Å². The minimum Gasteiger partial charge on any atom is -0.478 e. The van der Waals surface area contributed by atoms with E-state index in [4.69, 9.17) is 9.84 Å². The molecule has 0 aliphatic heterocycles. The largest absolute Gasteiger partial charge is 0.478 e. The van der Waals surface area contributed by atoms with Crippen molar-refractivity contribution >= 4 is 47.8 Å². The maximum Gasteiger partial charge on any atom is 0.338 e. The van der Waals surface area contributed by atoms with Crippen LogP contribution < -0.4 is 0 Å². The van der Waals surface area contributed by atoms with Crippen LogP contribution in [-0.4, -0.2) is 54.8 Å². The Morgan fingerprint density at radius 2 is 1.02 bits per heavy atom. The van der Waals surface area contributed by atoms with Crippen molar-refractivity contribution in [3.63, 3.8) is 0 Å². The van der Waals surface area contributed by atoms with E-state index in [1.54, 1.807) is 55.7 Å². The third-order valence-corrected chi connectivity index (χ3v) is 13.2. The van der Waals surface area contributed by atoms with Crippen LogP contribution in [0.25, 0.3) is 24.3 Å². The number of hydrogen-bond donors (Lipinski definition) is 1. The zero-order valence-corrected chi connectivity index (χ0v) is 39.5. The Morgan fingerprint density at radius 1 is 0.606 bits per heavy atom. The smallest absolute Gasteiger partial charge is 0.338 e. The number of Topliss-reactive ketones (excluding diaryl/α,β-unsaturated/α-hetero) is 2. The standard InChI is InChI=1S/C29H32N2O3.C27H28N2O3/c1-6-34-27(33)21-11-8-20(9-12-21)10-13-22-16-25-24(17-23(22)19-31-15-7-14-30-31)28(2,3)18-26(32)29(25,4)5;1-26(2)16-24(30)27(3,4)23-14-20(11-8-18-6-9-19(10-7-18)25(31)32)21(15-22(23)26)17-29-13-5-12-28-29/h7-17H,6,18-19H2,1-5H3;5-15H,16-17H2,1-4H3,(H,31,32)/b13-10+;11-8+. The maximum atomic E-state index is 13.0. The van der Waals surface area contributed by atoms with Crippen LogP contribution >= 0.6 is 0 Å². The van der Waals surface area contributed by atoms with Crippen molar-refractivity contribution < 1.29 is 29.0 Å². The van der Waals surface area contributed by atoms with Gasteiger partial charge in [-0.05, 0) is 137 Å². The molecule has 0 amide bonds. The van der Waals surface area contributed by atoms with Crippen LogP contribution in [0.1, 0.15) is 152 Å². The van der Waals surface area contributed by atoms with E-state index in [-0.39, 0.29) is 33.9 Å². The topological polar surface area (TPSA) is 133 Å². The van der Waals surface area contributed by atoms with E-state index in [1.807, 2.05) is 91.9 Å². The number of carboxylic acids is 1. The molecule has 8 rings (SSSR count). The average Bonchev–Trinajstić information content (AvgIpc) is 4.00. The van der Waals surface area contributed by atoms with E-state index in [0.29, 0.717) is 38.1 Å². The van der Waals surface area contributed by atoms with Gasteiger partial charge in [0.2, 0.25) is 0 Å². The van der Waals surface area contributed by atoms with Gasteiger partial charge >= 0.3 is 11.9 Å². The molecule has 0 bridgehead atoms. The van der Waals surface area contributed by atoms with Gasteiger partial charge in [-0.25, -0.2) is 9.59 Å². The van der Waals surface area contributed by atoms with Gasteiger partial charge in [0.15, 0.2) is 0 Å². The molecule has 0 atom stereocenters. The highest BCUT2D eigenvalue weighted by atomic mass is 16.5. The molecule has 0 fully saturated rings. The van der Waals surface area contributed by atoms with Crippen molar-refractivity contribution in [3.8, 4) is 0 Å². The van der Waals surface area contributed by atoms with Crippen LogP contribution in [0.4, 0.5) is 0 Å². The first-order chi connectivity index (χ1) is 31.2. The number of ketones is 2. The lowest BCUT2D eigenvalue weighted by Crippen LogP contribution is -2.42. The molecule has 2 aromatic heterocycles. The molecule has 10 nitrogen and oxygen atoms in total. The fraction of sp³-hybridized carbons (Fsp3) is 0.321. The minimum absolute atomic E-state index is 0.216. The lowest BCUT2D eigenvalue weighted by Gasteiger charge is -2.41. The van der Waals surface area contributed by atoms with Crippen LogP contribution in [0.3, 0.4) is 0 Å². The molecule has 0 unspecified atom stereocenters. The number of hydrogen-bond acceptors (Lipinski definition) is 7. The summed E-state index contributed by atoms with van der Waals surface area (Å²) in [6.45, 7) is 20.1. The number of aromatic carboxylic acids is 1. The molecule has 6 aromatic rings. The van der Waals surface area contributed by atoms with Gasteiger partial charge in [0.25, 0.3) is 0 Å². The number of carbonyl (C=O) groups is 4. The van der Waals surface area contributed by atoms with E-state index >= 15 is 0 Å². The molecular weight excluding hydrogens is 825 g/mol. The summed E-state index contributed by atoms with van der Waals surface area (Å²) in [5.74, 6) is -0.724. The Hall–Kier alpha value is -6.94. The zero-order valence-electron chi connectivity index (χ0n) is 39.5. The summed E-state index contributed by atoms with van der Waals surface area (Å²) in [4.78, 5) is 49.0. The van der Waals surface area contributed by atoms with Crippen molar-refractivity contribution in [1.29, 1.82) is 0 Å². The van der Waals surface area contributed by atoms with E-state index in [1.165, 1.54) is 11.1 Å². The molecule has 0 saturated carbocycles. The summed E-state index contributed by atoms with van der Waals surface area (Å²) in [5, 5.41) is 17.9. The monoisotopic (exact) mass is 884 g/mol. The number of aromatic nitrogens is 4. The summed E-state index contributed by atoms with van der Waals surface area (Å²) < 4.78 is 8.88. The number of fused-ring (bicyclic) bond motifs is 2. The second-order valence-corrected chi connectivity index (χ2v) is 19.8. The van der Waals surface area contributed by atoms with Crippen molar-refractivity contribution in [1.82, 2.24) is 19.6 Å². The summed E-state index contributed by atoms with van der Waals surface area (Å²) in [5.41, 5.74) is 10.2. The third-order valence-electron chi connectivity index (χ3n) is 13.2. The van der Waals surface area contributed by atoms with Gasteiger partial charge < -0.3 is 9.84 Å². The lowest BCUT2D eigenvalue weighted by atomic mass is 9.62. The quantitative estimate of drug-likeness (QED) is 0.100. The first kappa shape index (κ1) is 47.0. The van der Waals surface area contributed by atoms with E-state index < -0.39 is 16.8 Å². The number of carboxylic acid groups (broad SMARTS) is 1. The molecule has 2 heterocycles. The zero-order chi connectivity index (χ0) is 47.6. The highest BCUT2D eigenvalue weighted by molar-refractivity contribution is 5.95. The number of rotatable bonds is 11. The highest BCUT2D eigenvalue weighted by Gasteiger charge is 2.45. The number of benzene rings is 4. The Morgan fingerprint density at radius 3 is 1.38 bits per heavy atom. The summed E-state index contributed by atoms with van der Waals surface area (Å²) in [6, 6.07) is 26.8. The highest BCUT2D eigenvalue weighted by Crippen LogP contribution is 2.46. The average molecular weight is 885 g/mol. The molecule has 4 aromatic carbocycles. The summed E-state index contributed by atoms with van der Waals surface area (Å²) in [6.07, 6.45) is 16.6. The van der Waals surface area contributed by atoms with E-state index in [0.717, 1.165) is 44.5 Å². The molecule has 340 valence electrons. The van der Waals surface area contributed by atoms with Crippen LogP contribution in [0.2, 0.25) is 0 Å². The van der Waals surface area contributed by atoms with Gasteiger partial charge in [-0.15, -0.1) is 0 Å². The van der Waals surface area contributed by atoms with Crippen LogP contribution in [0.5, 0.6) is 0 Å². The molecule has 2 aliphatic carbocycles. The van der Waals surface area contributed by atoms with Crippen LogP contribution in [0, 0.1) is 0 Å². The Kier molecular flexibility index (Phi) is 13.2. The fourth-order valence-corrected chi connectivity index (χ4v) is 8.99. The Labute approximate surface area is 388 Å². The van der Waals surface area contributed by atoms with Crippen LogP contribution in [-0.2, 0) is 49.1 Å². The molecule has 10 heteroatoms. The SMILES string of the molecule is CC1(C)CC(=O)C(C)(C)c2cc(/C=C/c3ccc(C(=O)O)cc3)c(Cn3cccn3)cc21.CCOC(=O)c1ccc(/C=C/c2cc3c(cc2Cn2cccn2)C(C)(C)CC(=O)C3(C)C)cc1. The van der Waals surface area contributed by atoms with Crippen LogP contribution in [0.15, 0.2) is 110 Å². The van der Waals surface area contributed by atoms with Crippen molar-refractivity contribution in [2.24, 2.45) is 0 Å². The normalized spacial score (nSPS) is 16.6. The first-order valence-corrected chi connectivity index (χ1v) is 22.5. The molecule has 66 heavy (non-hydrogen) atoms. The maximum absolute atomic E-state index is 13.0. The lowest BCUT2D eigenvalue weighted by molar-refractivity contribution is -0.126. The third kappa shape index (κ3) is 9.98. The van der Waals surface area contributed by atoms with Crippen molar-refractivity contribution in [2.75, 3.05) is 6.61 Å². The first-order valence-electron chi connectivity index (χ1n) is 22.5. The number of nitrogens with zero attached hydrogens (tertiary/aromatic N) is 4. The molecule has 1 N–H and O–H groups in total. The van der Waals surface area contributed by atoms with Gasteiger partial charge in [-0.2, -0.15) is 10.2 Å². The second kappa shape index (κ2) is 18.5. The minimum atomic E-state index is -0.939.